The van der Waals surface area contributed by atoms with Crippen LogP contribution in [0.25, 0.3) is 0 Å². The van der Waals surface area contributed by atoms with E-state index in [1.807, 2.05) is 6.92 Å². The van der Waals surface area contributed by atoms with E-state index in [1.165, 1.54) is 20.8 Å². The van der Waals surface area contributed by atoms with Crippen LogP contribution in [-0.2, 0) is 23.9 Å². The molecule has 2 N–H and O–H groups in total. The molecule has 32 heavy (non-hydrogen) atoms. The van der Waals surface area contributed by atoms with Crippen molar-refractivity contribution >= 4 is 17.7 Å². The van der Waals surface area contributed by atoms with Crippen LogP contribution in [-0.4, -0.2) is 51.3 Å². The topological polar surface area (TPSA) is 110 Å². The van der Waals surface area contributed by atoms with Crippen molar-refractivity contribution in [1.29, 1.82) is 0 Å². The number of esters is 2. The van der Waals surface area contributed by atoms with Crippen LogP contribution in [0.15, 0.2) is 0 Å². The Morgan fingerprint density at radius 1 is 0.812 bits per heavy atom. The zero-order valence-electron chi connectivity index (χ0n) is 20.0. The zero-order valence-corrected chi connectivity index (χ0v) is 20.0. The summed E-state index contributed by atoms with van der Waals surface area (Å²) in [6.45, 7) is 8.35. The minimum Gasteiger partial charge on any atom is -0.462 e. The van der Waals surface area contributed by atoms with Gasteiger partial charge in [0.05, 0.1) is 0 Å². The van der Waals surface area contributed by atoms with Crippen LogP contribution in [0.1, 0.15) is 86.0 Å². The molecule has 4 saturated carbocycles. The molecule has 0 aliphatic heterocycles. The summed E-state index contributed by atoms with van der Waals surface area (Å²) in [6, 6.07) is 0. The molecule has 4 aliphatic carbocycles. The molecule has 0 bridgehead atoms. The monoisotopic (exact) mass is 450 g/mol. The fourth-order valence-electron chi connectivity index (χ4n) is 8.49. The van der Waals surface area contributed by atoms with Crippen LogP contribution >= 0.6 is 0 Å². The summed E-state index contributed by atoms with van der Waals surface area (Å²) in [6.07, 6.45) is 3.71. The lowest BCUT2D eigenvalue weighted by atomic mass is 9.42. The summed E-state index contributed by atoms with van der Waals surface area (Å²) in [5.74, 6) is -0.530. The SMILES string of the molecule is CC(=O)O[C@@H]1CC[C@]2(C)[C@@H]3CC[C@]4(C)[C@H](CC[C@]4(O)C(C)=O)[C@@H]3C[C@H](OC(C)=O)[C@@]2(O)C1. The fourth-order valence-corrected chi connectivity index (χ4v) is 8.49. The summed E-state index contributed by atoms with van der Waals surface area (Å²) in [7, 11) is 0. The van der Waals surface area contributed by atoms with E-state index in [1.54, 1.807) is 0 Å². The van der Waals surface area contributed by atoms with Gasteiger partial charge < -0.3 is 19.7 Å². The van der Waals surface area contributed by atoms with E-state index in [0.717, 1.165) is 19.3 Å². The van der Waals surface area contributed by atoms with Crippen molar-refractivity contribution in [2.75, 3.05) is 0 Å². The van der Waals surface area contributed by atoms with E-state index in [-0.39, 0.29) is 35.9 Å². The van der Waals surface area contributed by atoms with E-state index in [0.29, 0.717) is 25.7 Å². The largest absolute Gasteiger partial charge is 0.462 e. The highest BCUT2D eigenvalue weighted by molar-refractivity contribution is 5.86. The van der Waals surface area contributed by atoms with Crippen molar-refractivity contribution in [3.05, 3.63) is 0 Å². The van der Waals surface area contributed by atoms with Gasteiger partial charge in [0.15, 0.2) is 5.78 Å². The first-order valence-corrected chi connectivity index (χ1v) is 12.1. The number of ketones is 1. The Kier molecular flexibility index (Phi) is 5.57. The number of carbonyl (C=O) groups excluding carboxylic acids is 3. The number of fused-ring (bicyclic) bond motifs is 5. The van der Waals surface area contributed by atoms with Crippen molar-refractivity contribution in [2.45, 2.75) is 109 Å². The third-order valence-corrected chi connectivity index (χ3v) is 10.2. The number of aliphatic hydroxyl groups is 2. The first-order chi connectivity index (χ1) is 14.8. The molecule has 0 unspecified atom stereocenters. The molecule has 0 heterocycles. The number of carbonyl (C=O) groups is 3. The highest BCUT2D eigenvalue weighted by atomic mass is 16.6. The van der Waals surface area contributed by atoms with Gasteiger partial charge in [0.1, 0.15) is 23.4 Å². The Hall–Kier alpha value is -1.47. The average Bonchev–Trinajstić information content (AvgIpc) is 2.96. The third kappa shape index (κ3) is 3.10. The molecule has 0 aromatic heterocycles. The van der Waals surface area contributed by atoms with Crippen molar-refractivity contribution in [3.63, 3.8) is 0 Å². The Labute approximate surface area is 190 Å². The maximum absolute atomic E-state index is 12.5. The second-order valence-corrected chi connectivity index (χ2v) is 11.4. The van der Waals surface area contributed by atoms with Crippen LogP contribution in [0.5, 0.6) is 0 Å². The molecule has 7 heteroatoms. The average molecular weight is 451 g/mol. The molecule has 4 aliphatic rings. The molecular formula is C25H38O7. The lowest BCUT2D eigenvalue weighted by Gasteiger charge is -2.65. The number of hydrogen-bond donors (Lipinski definition) is 2. The lowest BCUT2D eigenvalue weighted by molar-refractivity contribution is -0.273. The van der Waals surface area contributed by atoms with Gasteiger partial charge in [-0.1, -0.05) is 13.8 Å². The minimum atomic E-state index is -1.32. The molecule has 0 aromatic rings. The van der Waals surface area contributed by atoms with Gasteiger partial charge in [-0.15, -0.1) is 0 Å². The number of ether oxygens (including phenoxy) is 2. The molecular weight excluding hydrogens is 412 g/mol. The second-order valence-electron chi connectivity index (χ2n) is 11.4. The van der Waals surface area contributed by atoms with Gasteiger partial charge in [-0.05, 0) is 69.6 Å². The van der Waals surface area contributed by atoms with Crippen LogP contribution < -0.4 is 0 Å². The summed E-state index contributed by atoms with van der Waals surface area (Å²) in [5, 5.41) is 23.5. The van der Waals surface area contributed by atoms with Gasteiger partial charge in [0.2, 0.25) is 0 Å². The van der Waals surface area contributed by atoms with Crippen LogP contribution in [0, 0.1) is 28.6 Å². The lowest BCUT2D eigenvalue weighted by Crippen LogP contribution is -2.70. The molecule has 0 aromatic carbocycles. The van der Waals surface area contributed by atoms with Gasteiger partial charge >= 0.3 is 11.9 Å². The molecule has 180 valence electrons. The minimum absolute atomic E-state index is 0.126. The van der Waals surface area contributed by atoms with E-state index in [2.05, 4.69) is 6.92 Å². The standard InChI is InChI=1S/C25H38O7/c1-14(26)24(29)11-8-20-18-12-21(32-16(3)28)25(30)13-17(31-15(2)27)6-9-23(25,5)19(18)7-10-22(20,24)4/h17-21,29-30H,6-13H2,1-5H3/t17-,18-,19-,20-,21+,22-,23-,24+,25+/m1/s1. The van der Waals surface area contributed by atoms with Crippen LogP contribution in [0.3, 0.4) is 0 Å². The summed E-state index contributed by atoms with van der Waals surface area (Å²) in [4.78, 5) is 36.1. The van der Waals surface area contributed by atoms with Gasteiger partial charge in [-0.3, -0.25) is 14.4 Å². The highest BCUT2D eigenvalue weighted by Gasteiger charge is 2.71. The van der Waals surface area contributed by atoms with Gasteiger partial charge in [-0.2, -0.15) is 0 Å². The van der Waals surface area contributed by atoms with E-state index in [9.17, 15) is 24.6 Å². The molecule has 9 atom stereocenters. The molecule has 7 nitrogen and oxygen atoms in total. The van der Waals surface area contributed by atoms with Gasteiger partial charge in [0.25, 0.3) is 0 Å². The fraction of sp³-hybridized carbons (Fsp3) is 0.880. The second kappa shape index (κ2) is 7.52. The van der Waals surface area contributed by atoms with E-state index >= 15 is 0 Å². The Bertz CT molecular complexity index is 825. The predicted octanol–water partition coefficient (Wildman–Crippen LogP) is 2.94. The zero-order chi connectivity index (χ0) is 23.7. The van der Waals surface area contributed by atoms with Crippen LogP contribution in [0.4, 0.5) is 0 Å². The van der Waals surface area contributed by atoms with Crippen molar-refractivity contribution < 1.29 is 34.1 Å². The Morgan fingerprint density at radius 3 is 1.97 bits per heavy atom. The smallest absolute Gasteiger partial charge is 0.303 e. The first-order valence-electron chi connectivity index (χ1n) is 12.1. The Morgan fingerprint density at radius 2 is 1.38 bits per heavy atom. The molecule has 0 spiro atoms. The van der Waals surface area contributed by atoms with Crippen molar-refractivity contribution in [3.8, 4) is 0 Å². The van der Waals surface area contributed by atoms with Crippen LogP contribution in [0.2, 0.25) is 0 Å². The quantitative estimate of drug-likeness (QED) is 0.636. The van der Waals surface area contributed by atoms with E-state index in [4.69, 9.17) is 9.47 Å². The normalized spacial score (nSPS) is 49.9. The maximum Gasteiger partial charge on any atom is 0.303 e. The third-order valence-electron chi connectivity index (χ3n) is 10.2. The summed E-state index contributed by atoms with van der Waals surface area (Å²) >= 11 is 0. The number of rotatable bonds is 3. The van der Waals surface area contributed by atoms with E-state index < -0.39 is 40.2 Å². The summed E-state index contributed by atoms with van der Waals surface area (Å²) in [5.41, 5.74) is -3.63. The highest BCUT2D eigenvalue weighted by Crippen LogP contribution is 2.69. The Balaban J connectivity index is 1.72. The number of Topliss-reactive ketones (excluding diaryl/α,β-unsaturated/α-hetero) is 1. The molecule has 0 radical (unpaired) electrons. The number of hydrogen-bond acceptors (Lipinski definition) is 7. The first kappa shape index (κ1) is 23.7. The molecule has 0 amide bonds. The molecule has 0 saturated heterocycles. The van der Waals surface area contributed by atoms with Gasteiger partial charge in [0, 0.05) is 31.1 Å². The summed E-state index contributed by atoms with van der Waals surface area (Å²) < 4.78 is 11.2. The van der Waals surface area contributed by atoms with Crippen molar-refractivity contribution in [1.82, 2.24) is 0 Å². The molecule has 4 fully saturated rings. The molecule has 4 rings (SSSR count). The van der Waals surface area contributed by atoms with Gasteiger partial charge in [-0.25, -0.2) is 0 Å². The predicted molar refractivity (Wildman–Crippen MR) is 115 cm³/mol. The maximum atomic E-state index is 12.5. The van der Waals surface area contributed by atoms with Crippen molar-refractivity contribution in [2.24, 2.45) is 28.6 Å².